The van der Waals surface area contributed by atoms with Crippen LogP contribution in [0.3, 0.4) is 0 Å². The molecule has 0 aliphatic carbocycles. The predicted molar refractivity (Wildman–Crippen MR) is 115 cm³/mol. The molecule has 1 heterocycles. The van der Waals surface area contributed by atoms with Crippen molar-refractivity contribution in [3.05, 3.63) is 30.3 Å². The van der Waals surface area contributed by atoms with Gasteiger partial charge in [0.2, 0.25) is 0 Å². The molecule has 1 aliphatic rings. The van der Waals surface area contributed by atoms with Gasteiger partial charge in [0.05, 0.1) is 0 Å². The average Bonchev–Trinajstić information content (AvgIpc) is 2.67. The highest BCUT2D eigenvalue weighted by molar-refractivity contribution is 9.09. The number of nitrogens with one attached hydrogen (secondary N) is 1. The van der Waals surface area contributed by atoms with Crippen molar-refractivity contribution in [2.24, 2.45) is 5.92 Å². The molecule has 0 spiro atoms. The fourth-order valence-corrected chi connectivity index (χ4v) is 4.05. The standard InChI is InChI=1S/C22H32BrNO5/c1-15-19(28-17-10-6-5-7-11-17)16(13-14-23)9-8-12-18(20(25)27-15)24-21(26)29-22(2,3)4/h5-7,10-11,15-16,18-19H,8-9,12-14H2,1-4H3,(H,24,26). The Hall–Kier alpha value is -1.76. The van der Waals surface area contributed by atoms with Crippen LogP contribution >= 0.6 is 15.9 Å². The van der Waals surface area contributed by atoms with Gasteiger partial charge in [-0.25, -0.2) is 9.59 Å². The fourth-order valence-electron chi connectivity index (χ4n) is 3.46. The first-order valence-corrected chi connectivity index (χ1v) is 11.3. The number of benzene rings is 1. The van der Waals surface area contributed by atoms with Crippen molar-refractivity contribution in [2.75, 3.05) is 5.33 Å². The average molecular weight is 470 g/mol. The van der Waals surface area contributed by atoms with Crippen LogP contribution in [0.2, 0.25) is 0 Å². The van der Waals surface area contributed by atoms with Crippen molar-refractivity contribution in [2.45, 2.75) is 77.2 Å². The number of cyclic esters (lactones) is 1. The van der Waals surface area contributed by atoms with E-state index in [4.69, 9.17) is 14.2 Å². The number of amides is 1. The molecule has 1 N–H and O–H groups in total. The molecule has 1 aliphatic heterocycles. The Kier molecular flexibility index (Phi) is 8.80. The quantitative estimate of drug-likeness (QED) is 0.492. The molecular weight excluding hydrogens is 438 g/mol. The monoisotopic (exact) mass is 469 g/mol. The number of hydrogen-bond acceptors (Lipinski definition) is 5. The summed E-state index contributed by atoms with van der Waals surface area (Å²) in [5, 5.41) is 3.51. The number of carbonyl (C=O) groups excluding carboxylic acids is 2. The zero-order valence-electron chi connectivity index (χ0n) is 17.7. The Balaban J connectivity index is 2.13. The third kappa shape index (κ3) is 7.88. The Labute approximate surface area is 181 Å². The molecule has 1 aromatic carbocycles. The van der Waals surface area contributed by atoms with Crippen LogP contribution in [0, 0.1) is 5.92 Å². The molecule has 0 bridgehead atoms. The van der Waals surface area contributed by atoms with Gasteiger partial charge in [0.15, 0.2) is 0 Å². The van der Waals surface area contributed by atoms with E-state index in [-0.39, 0.29) is 12.0 Å². The topological polar surface area (TPSA) is 73.9 Å². The van der Waals surface area contributed by atoms with Crippen LogP contribution in [0.25, 0.3) is 0 Å². The smallest absolute Gasteiger partial charge is 0.408 e. The van der Waals surface area contributed by atoms with Crippen molar-refractivity contribution < 1.29 is 23.8 Å². The van der Waals surface area contributed by atoms with Crippen molar-refractivity contribution in [1.29, 1.82) is 0 Å². The number of halogens is 1. The number of esters is 1. The number of rotatable bonds is 5. The maximum atomic E-state index is 12.7. The summed E-state index contributed by atoms with van der Waals surface area (Å²) in [6.45, 7) is 7.20. The van der Waals surface area contributed by atoms with E-state index in [1.165, 1.54) is 0 Å². The van der Waals surface area contributed by atoms with Crippen molar-refractivity contribution in [3.63, 3.8) is 0 Å². The normalized spacial score (nSPS) is 25.8. The Morgan fingerprint density at radius 1 is 1.24 bits per heavy atom. The highest BCUT2D eigenvalue weighted by atomic mass is 79.9. The number of carbonyl (C=O) groups is 2. The minimum atomic E-state index is -0.729. The highest BCUT2D eigenvalue weighted by Crippen LogP contribution is 2.28. The second kappa shape index (κ2) is 10.9. The van der Waals surface area contributed by atoms with Gasteiger partial charge in [-0.2, -0.15) is 0 Å². The minimum Gasteiger partial charge on any atom is -0.486 e. The van der Waals surface area contributed by atoms with Gasteiger partial charge in [-0.3, -0.25) is 0 Å². The van der Waals surface area contributed by atoms with Crippen LogP contribution in [-0.4, -0.2) is 41.2 Å². The van der Waals surface area contributed by atoms with E-state index in [0.29, 0.717) is 6.42 Å². The summed E-state index contributed by atoms with van der Waals surface area (Å²) < 4.78 is 17.3. The summed E-state index contributed by atoms with van der Waals surface area (Å²) >= 11 is 3.53. The number of alkyl carbamates (subject to hydrolysis) is 1. The van der Waals surface area contributed by atoms with Crippen molar-refractivity contribution in [1.82, 2.24) is 5.32 Å². The van der Waals surface area contributed by atoms with Crippen LogP contribution < -0.4 is 10.1 Å². The highest BCUT2D eigenvalue weighted by Gasteiger charge is 2.35. The Morgan fingerprint density at radius 3 is 2.55 bits per heavy atom. The lowest BCUT2D eigenvalue weighted by Gasteiger charge is -2.31. The van der Waals surface area contributed by atoms with E-state index in [1.54, 1.807) is 20.8 Å². The first-order chi connectivity index (χ1) is 13.7. The summed E-state index contributed by atoms with van der Waals surface area (Å²) in [5.74, 6) is 0.518. The molecule has 7 heteroatoms. The number of alkyl halides is 1. The minimum absolute atomic E-state index is 0.220. The first kappa shape index (κ1) is 23.5. The Morgan fingerprint density at radius 2 is 1.93 bits per heavy atom. The van der Waals surface area contributed by atoms with Gasteiger partial charge < -0.3 is 19.5 Å². The van der Waals surface area contributed by atoms with E-state index in [9.17, 15) is 9.59 Å². The molecule has 2 rings (SSSR count). The summed E-state index contributed by atoms with van der Waals surface area (Å²) in [7, 11) is 0. The molecule has 1 aromatic rings. The molecule has 1 amide bonds. The molecule has 0 aromatic heterocycles. The van der Waals surface area contributed by atoms with E-state index < -0.39 is 29.8 Å². The first-order valence-electron chi connectivity index (χ1n) is 10.2. The van der Waals surface area contributed by atoms with E-state index in [1.807, 2.05) is 37.3 Å². The Bertz CT molecular complexity index is 661. The van der Waals surface area contributed by atoms with Gasteiger partial charge in [-0.05, 0) is 59.1 Å². The second-order valence-corrected chi connectivity index (χ2v) is 9.20. The van der Waals surface area contributed by atoms with E-state index >= 15 is 0 Å². The van der Waals surface area contributed by atoms with Crippen LogP contribution in [0.1, 0.15) is 53.4 Å². The van der Waals surface area contributed by atoms with Gasteiger partial charge in [0.25, 0.3) is 0 Å². The van der Waals surface area contributed by atoms with Crippen molar-refractivity contribution in [3.8, 4) is 5.75 Å². The summed E-state index contributed by atoms with van der Waals surface area (Å²) in [6.07, 6.45) is 1.73. The van der Waals surface area contributed by atoms with Gasteiger partial charge in [-0.15, -0.1) is 0 Å². The lowest BCUT2D eigenvalue weighted by atomic mass is 9.90. The lowest BCUT2D eigenvalue weighted by Crippen LogP contribution is -2.46. The van der Waals surface area contributed by atoms with Crippen LogP contribution in [0.15, 0.2) is 30.3 Å². The molecule has 29 heavy (non-hydrogen) atoms. The molecule has 4 unspecified atom stereocenters. The molecule has 6 nitrogen and oxygen atoms in total. The molecule has 0 saturated carbocycles. The second-order valence-electron chi connectivity index (χ2n) is 8.40. The maximum absolute atomic E-state index is 12.7. The predicted octanol–water partition coefficient (Wildman–Crippen LogP) is 4.84. The van der Waals surface area contributed by atoms with Crippen LogP contribution in [0.4, 0.5) is 4.79 Å². The van der Waals surface area contributed by atoms with Gasteiger partial charge in [-0.1, -0.05) is 40.5 Å². The number of para-hydroxylation sites is 1. The largest absolute Gasteiger partial charge is 0.486 e. The molecular formula is C22H32BrNO5. The zero-order valence-corrected chi connectivity index (χ0v) is 19.2. The third-order valence-electron chi connectivity index (χ3n) is 4.77. The van der Waals surface area contributed by atoms with Gasteiger partial charge in [0, 0.05) is 11.2 Å². The zero-order chi connectivity index (χ0) is 21.4. The molecule has 1 fully saturated rings. The number of ether oxygens (including phenoxy) is 3. The van der Waals surface area contributed by atoms with Gasteiger partial charge >= 0.3 is 12.1 Å². The third-order valence-corrected chi connectivity index (χ3v) is 5.23. The molecule has 0 radical (unpaired) electrons. The molecule has 4 atom stereocenters. The van der Waals surface area contributed by atoms with Crippen LogP contribution in [-0.2, 0) is 14.3 Å². The fraction of sp³-hybridized carbons (Fsp3) is 0.636. The summed E-state index contributed by atoms with van der Waals surface area (Å²) in [5.41, 5.74) is -0.630. The van der Waals surface area contributed by atoms with E-state index in [0.717, 1.165) is 30.3 Å². The lowest BCUT2D eigenvalue weighted by molar-refractivity contribution is -0.156. The maximum Gasteiger partial charge on any atom is 0.408 e. The SMILES string of the molecule is CC1OC(=O)C(NC(=O)OC(C)(C)C)CCCC(CCBr)C1Oc1ccccc1. The molecule has 1 saturated heterocycles. The van der Waals surface area contributed by atoms with Crippen LogP contribution in [0.5, 0.6) is 5.75 Å². The molecule has 162 valence electrons. The van der Waals surface area contributed by atoms with Crippen molar-refractivity contribution >= 4 is 28.0 Å². The number of hydrogen-bond donors (Lipinski definition) is 1. The van der Waals surface area contributed by atoms with E-state index in [2.05, 4.69) is 21.2 Å². The van der Waals surface area contributed by atoms with Gasteiger partial charge in [0.1, 0.15) is 29.6 Å². The summed E-state index contributed by atoms with van der Waals surface area (Å²) in [6, 6.07) is 8.84. The summed E-state index contributed by atoms with van der Waals surface area (Å²) in [4.78, 5) is 24.9.